The molecule has 1 heterocycles. The molecule has 1 aromatic rings. The fraction of sp³-hybridized carbons (Fsp3) is 0.800. The van der Waals surface area contributed by atoms with Gasteiger partial charge in [0.25, 0.3) is 5.91 Å². The summed E-state index contributed by atoms with van der Waals surface area (Å²) in [7, 11) is 0. The molecule has 4 nitrogen and oxygen atoms in total. The number of hydrogen-bond donors (Lipinski definition) is 0. The minimum absolute atomic E-state index is 0.123. The number of rotatable bonds is 3. The Kier molecular flexibility index (Phi) is 4.65. The van der Waals surface area contributed by atoms with E-state index in [4.69, 9.17) is 0 Å². The molecule has 110 valence electrons. The first-order valence-electron chi connectivity index (χ1n) is 7.96. The Morgan fingerprint density at radius 2 is 1.55 bits per heavy atom. The van der Waals surface area contributed by atoms with E-state index in [2.05, 4.69) is 13.6 Å². The highest BCUT2D eigenvalue weighted by atomic mass is 32.1. The molecule has 0 aliphatic heterocycles. The molecule has 5 heteroatoms. The van der Waals surface area contributed by atoms with E-state index in [1.165, 1.54) is 64.2 Å². The van der Waals surface area contributed by atoms with Gasteiger partial charge in [-0.2, -0.15) is 8.75 Å². The summed E-state index contributed by atoms with van der Waals surface area (Å²) < 4.78 is 8.17. The van der Waals surface area contributed by atoms with Crippen molar-refractivity contribution >= 4 is 17.6 Å². The average Bonchev–Trinajstić information content (AvgIpc) is 3.04. The summed E-state index contributed by atoms with van der Waals surface area (Å²) in [5.41, 5.74) is 0.547. The van der Waals surface area contributed by atoms with E-state index in [0.29, 0.717) is 17.8 Å². The summed E-state index contributed by atoms with van der Waals surface area (Å²) in [4.78, 5) is 15.0. The predicted molar refractivity (Wildman–Crippen MR) is 79.8 cm³/mol. The molecule has 0 N–H and O–H groups in total. The normalized spacial score (nSPS) is 21.8. The lowest BCUT2D eigenvalue weighted by Gasteiger charge is -2.41. The van der Waals surface area contributed by atoms with Crippen LogP contribution in [0.1, 0.15) is 74.7 Å². The van der Waals surface area contributed by atoms with Gasteiger partial charge in [0, 0.05) is 12.1 Å². The molecule has 0 unspecified atom stereocenters. The monoisotopic (exact) mass is 293 g/mol. The fourth-order valence-electron chi connectivity index (χ4n) is 3.74. The van der Waals surface area contributed by atoms with Gasteiger partial charge in [-0.3, -0.25) is 4.79 Å². The van der Waals surface area contributed by atoms with Crippen LogP contribution in [0.3, 0.4) is 0 Å². The summed E-state index contributed by atoms with van der Waals surface area (Å²) >= 11 is 1.13. The van der Waals surface area contributed by atoms with Gasteiger partial charge in [-0.25, -0.2) is 0 Å². The second-order valence-corrected chi connectivity index (χ2v) is 6.65. The average molecular weight is 293 g/mol. The number of hydrogen-bond acceptors (Lipinski definition) is 4. The maximum absolute atomic E-state index is 12.8. The zero-order chi connectivity index (χ0) is 13.8. The van der Waals surface area contributed by atoms with Crippen LogP contribution >= 0.6 is 11.7 Å². The summed E-state index contributed by atoms with van der Waals surface area (Å²) in [5, 5.41) is 0. The SMILES string of the molecule is O=C(c1cnsn1)N(C1CCCCC1)C1CCCCC1. The Bertz CT molecular complexity index is 404. The van der Waals surface area contributed by atoms with Crippen molar-refractivity contribution in [3.8, 4) is 0 Å². The fourth-order valence-corrected chi connectivity index (χ4v) is 4.15. The van der Waals surface area contributed by atoms with Gasteiger partial charge in [-0.15, -0.1) is 0 Å². The minimum atomic E-state index is 0.123. The van der Waals surface area contributed by atoms with Gasteiger partial charge < -0.3 is 4.90 Å². The third-order valence-electron chi connectivity index (χ3n) is 4.75. The highest BCUT2D eigenvalue weighted by Gasteiger charge is 2.33. The molecule has 1 aromatic heterocycles. The van der Waals surface area contributed by atoms with Crippen molar-refractivity contribution in [2.45, 2.75) is 76.3 Å². The van der Waals surface area contributed by atoms with Crippen LogP contribution in [0.4, 0.5) is 0 Å². The highest BCUT2D eigenvalue weighted by molar-refractivity contribution is 6.99. The van der Waals surface area contributed by atoms with Crippen molar-refractivity contribution < 1.29 is 4.79 Å². The van der Waals surface area contributed by atoms with Gasteiger partial charge >= 0.3 is 0 Å². The molecule has 0 radical (unpaired) electrons. The topological polar surface area (TPSA) is 46.1 Å². The molecule has 0 spiro atoms. The molecule has 0 saturated heterocycles. The van der Waals surface area contributed by atoms with Crippen LogP contribution in [0.2, 0.25) is 0 Å². The maximum Gasteiger partial charge on any atom is 0.275 e. The lowest BCUT2D eigenvalue weighted by atomic mass is 9.88. The third kappa shape index (κ3) is 3.03. The van der Waals surface area contributed by atoms with Crippen molar-refractivity contribution in [2.24, 2.45) is 0 Å². The van der Waals surface area contributed by atoms with Crippen molar-refractivity contribution in [3.05, 3.63) is 11.9 Å². The number of carbonyl (C=O) groups excluding carboxylic acids is 1. The Morgan fingerprint density at radius 1 is 1.00 bits per heavy atom. The molecule has 0 aromatic carbocycles. The lowest BCUT2D eigenvalue weighted by Crippen LogP contribution is -2.48. The molecule has 3 rings (SSSR count). The van der Waals surface area contributed by atoms with E-state index in [0.717, 1.165) is 11.7 Å². The quantitative estimate of drug-likeness (QED) is 0.854. The van der Waals surface area contributed by atoms with E-state index in [1.807, 2.05) is 0 Å². The summed E-state index contributed by atoms with van der Waals surface area (Å²) in [6.45, 7) is 0. The van der Waals surface area contributed by atoms with E-state index in [-0.39, 0.29) is 5.91 Å². The van der Waals surface area contributed by atoms with E-state index in [1.54, 1.807) is 6.20 Å². The first kappa shape index (κ1) is 14.0. The first-order chi connectivity index (χ1) is 9.86. The van der Waals surface area contributed by atoms with Gasteiger partial charge in [0.05, 0.1) is 17.9 Å². The molecule has 2 aliphatic rings. The second-order valence-electron chi connectivity index (χ2n) is 6.09. The lowest BCUT2D eigenvalue weighted by molar-refractivity contribution is 0.0443. The number of carbonyl (C=O) groups is 1. The van der Waals surface area contributed by atoms with E-state index >= 15 is 0 Å². The Labute approximate surface area is 124 Å². The van der Waals surface area contributed by atoms with Crippen molar-refractivity contribution in [3.63, 3.8) is 0 Å². The molecule has 0 bridgehead atoms. The number of amides is 1. The van der Waals surface area contributed by atoms with Gasteiger partial charge in [-0.05, 0) is 25.7 Å². The Hall–Kier alpha value is -0.970. The Balaban J connectivity index is 1.79. The van der Waals surface area contributed by atoms with Gasteiger partial charge in [0.1, 0.15) is 0 Å². The molecule has 2 aliphatic carbocycles. The Morgan fingerprint density at radius 3 is 2.00 bits per heavy atom. The van der Waals surface area contributed by atoms with Gasteiger partial charge in [0.15, 0.2) is 5.69 Å². The van der Waals surface area contributed by atoms with Crippen LogP contribution in [0, 0.1) is 0 Å². The summed E-state index contributed by atoms with van der Waals surface area (Å²) in [6, 6.07) is 0.863. The third-order valence-corrected chi connectivity index (χ3v) is 5.23. The molecule has 0 atom stereocenters. The van der Waals surface area contributed by atoms with Gasteiger partial charge in [-0.1, -0.05) is 38.5 Å². The van der Waals surface area contributed by atoms with E-state index < -0.39 is 0 Å². The van der Waals surface area contributed by atoms with Crippen LogP contribution in [-0.2, 0) is 0 Å². The smallest absolute Gasteiger partial charge is 0.275 e. The molecule has 2 fully saturated rings. The molecular formula is C15H23N3OS. The zero-order valence-corrected chi connectivity index (χ0v) is 12.8. The molecule has 2 saturated carbocycles. The van der Waals surface area contributed by atoms with Crippen LogP contribution < -0.4 is 0 Å². The van der Waals surface area contributed by atoms with Crippen LogP contribution in [0.25, 0.3) is 0 Å². The standard InChI is InChI=1S/C15H23N3OS/c19-15(14-11-16-20-17-14)18(12-7-3-1-4-8-12)13-9-5-2-6-10-13/h11-13H,1-10H2. The van der Waals surface area contributed by atoms with Crippen molar-refractivity contribution in [1.29, 1.82) is 0 Å². The van der Waals surface area contributed by atoms with Gasteiger partial charge in [0.2, 0.25) is 0 Å². The first-order valence-corrected chi connectivity index (χ1v) is 8.69. The molecule has 1 amide bonds. The summed E-state index contributed by atoms with van der Waals surface area (Å²) in [6.07, 6.45) is 14.0. The molecule has 20 heavy (non-hydrogen) atoms. The van der Waals surface area contributed by atoms with E-state index in [9.17, 15) is 4.79 Å². The largest absolute Gasteiger partial charge is 0.331 e. The van der Waals surface area contributed by atoms with Crippen LogP contribution in [0.15, 0.2) is 6.20 Å². The minimum Gasteiger partial charge on any atom is -0.331 e. The van der Waals surface area contributed by atoms with Crippen molar-refractivity contribution in [1.82, 2.24) is 13.6 Å². The number of aromatic nitrogens is 2. The highest BCUT2D eigenvalue weighted by Crippen LogP contribution is 2.31. The maximum atomic E-state index is 12.8. The van der Waals surface area contributed by atoms with Crippen LogP contribution in [0.5, 0.6) is 0 Å². The second kappa shape index (κ2) is 6.66. The number of nitrogens with zero attached hydrogens (tertiary/aromatic N) is 3. The zero-order valence-electron chi connectivity index (χ0n) is 12.0. The van der Waals surface area contributed by atoms with Crippen LogP contribution in [-0.4, -0.2) is 31.6 Å². The predicted octanol–water partition coefficient (Wildman–Crippen LogP) is 3.65. The summed E-state index contributed by atoms with van der Waals surface area (Å²) in [5.74, 6) is 0.123. The van der Waals surface area contributed by atoms with Crippen molar-refractivity contribution in [2.75, 3.05) is 0 Å². The molecular weight excluding hydrogens is 270 g/mol.